The summed E-state index contributed by atoms with van der Waals surface area (Å²) in [4.78, 5) is -1.15. The summed E-state index contributed by atoms with van der Waals surface area (Å²) in [6.45, 7) is 2.41. The van der Waals surface area contributed by atoms with Crippen LogP contribution in [0.4, 0.5) is 0 Å². The van der Waals surface area contributed by atoms with Crippen LogP contribution in [0.3, 0.4) is 0 Å². The summed E-state index contributed by atoms with van der Waals surface area (Å²) in [6, 6.07) is 9.34. The first-order valence-corrected chi connectivity index (χ1v) is 4.99. The van der Waals surface area contributed by atoms with Gasteiger partial charge in [0, 0.05) is 5.56 Å². The van der Waals surface area contributed by atoms with Crippen molar-refractivity contribution in [3.63, 3.8) is 0 Å². The molecule has 1 aromatic rings. The number of hydrogen-bond acceptors (Lipinski definition) is 2. The smallest absolute Gasteiger partial charge is 0.134 e. The van der Waals surface area contributed by atoms with E-state index >= 15 is 0 Å². The number of benzene rings is 1. The largest absolute Gasteiger partial charge is 0.598 e. The maximum absolute atomic E-state index is 11.5. The first-order valence-electron chi connectivity index (χ1n) is 4.99. The molecule has 78 valence electrons. The molecule has 1 rings (SSSR count). The molecule has 3 nitrogen and oxygen atoms in total. The fourth-order valence-electron chi connectivity index (χ4n) is 1.35. The number of rotatable bonds is 5. The highest BCUT2D eigenvalue weighted by Gasteiger charge is 2.13. The Morgan fingerprint density at radius 3 is 2.50 bits per heavy atom. The highest BCUT2D eigenvalue weighted by atomic mass is 16.8. The lowest BCUT2D eigenvalue weighted by Crippen LogP contribution is -2.38. The molecule has 1 atom stereocenters. The summed E-state index contributed by atoms with van der Waals surface area (Å²) in [5.74, 6) is 0. The van der Waals surface area contributed by atoms with Crippen LogP contribution in [0.2, 0.25) is 0 Å². The second-order valence-electron chi connectivity index (χ2n) is 3.57. The first-order chi connectivity index (χ1) is 6.64. The van der Waals surface area contributed by atoms with E-state index in [-0.39, 0.29) is 13.1 Å². The van der Waals surface area contributed by atoms with Crippen molar-refractivity contribution >= 4 is 0 Å². The Hall–Kier alpha value is -0.900. The van der Waals surface area contributed by atoms with Crippen LogP contribution in [-0.2, 0) is 6.54 Å². The Balaban J connectivity index is 2.50. The SMILES string of the molecule is CCCC[N+]([O-])(O)Cc1ccccc1. The highest BCUT2D eigenvalue weighted by Crippen LogP contribution is 2.10. The number of quaternary nitrogens is 1. The van der Waals surface area contributed by atoms with Gasteiger partial charge in [0.1, 0.15) is 13.1 Å². The van der Waals surface area contributed by atoms with E-state index in [9.17, 15) is 10.4 Å². The van der Waals surface area contributed by atoms with Gasteiger partial charge in [0.25, 0.3) is 0 Å². The lowest BCUT2D eigenvalue weighted by Gasteiger charge is -2.33. The van der Waals surface area contributed by atoms with E-state index in [1.165, 1.54) is 0 Å². The molecule has 0 aliphatic rings. The summed E-state index contributed by atoms with van der Waals surface area (Å²) in [5, 5.41) is 21.0. The van der Waals surface area contributed by atoms with Crippen LogP contribution in [0, 0.1) is 5.21 Å². The fourth-order valence-corrected chi connectivity index (χ4v) is 1.35. The van der Waals surface area contributed by atoms with E-state index in [0.29, 0.717) is 0 Å². The Labute approximate surface area is 84.7 Å². The molecule has 0 aromatic heterocycles. The van der Waals surface area contributed by atoms with Crippen molar-refractivity contribution in [3.8, 4) is 0 Å². The summed E-state index contributed by atoms with van der Waals surface area (Å²) >= 11 is 0. The molecule has 0 bridgehead atoms. The van der Waals surface area contributed by atoms with Crippen LogP contribution >= 0.6 is 0 Å². The lowest BCUT2D eigenvalue weighted by molar-refractivity contribution is -1.07. The molecule has 0 amide bonds. The topological polar surface area (TPSA) is 43.3 Å². The maximum Gasteiger partial charge on any atom is 0.134 e. The number of hydrogen-bond donors (Lipinski definition) is 1. The van der Waals surface area contributed by atoms with Crippen LogP contribution in [0.25, 0.3) is 0 Å². The van der Waals surface area contributed by atoms with Gasteiger partial charge in [0.05, 0.1) is 0 Å². The normalized spacial score (nSPS) is 15.1. The lowest BCUT2D eigenvalue weighted by atomic mass is 10.2. The molecule has 0 saturated carbocycles. The summed E-state index contributed by atoms with van der Waals surface area (Å²) < 4.78 is 0. The zero-order valence-corrected chi connectivity index (χ0v) is 8.52. The van der Waals surface area contributed by atoms with Crippen molar-refractivity contribution < 1.29 is 10.0 Å². The van der Waals surface area contributed by atoms with Crippen molar-refractivity contribution in [2.24, 2.45) is 0 Å². The second kappa shape index (κ2) is 5.10. The summed E-state index contributed by atoms with van der Waals surface area (Å²) in [6.07, 6.45) is 1.68. The molecule has 1 unspecified atom stereocenters. The molecular formula is C11H17NO2. The minimum atomic E-state index is -1.15. The van der Waals surface area contributed by atoms with Gasteiger partial charge in [-0.2, -0.15) is 0 Å². The minimum absolute atomic E-state index is 0.140. The fraction of sp³-hybridized carbons (Fsp3) is 0.455. The van der Waals surface area contributed by atoms with Gasteiger partial charge in [-0.25, -0.2) is 10.0 Å². The molecule has 0 heterocycles. The van der Waals surface area contributed by atoms with Crippen LogP contribution < -0.4 is 0 Å². The summed E-state index contributed by atoms with van der Waals surface area (Å²) in [5.41, 5.74) is 0.876. The van der Waals surface area contributed by atoms with Gasteiger partial charge in [-0.05, 0) is 6.42 Å². The van der Waals surface area contributed by atoms with E-state index < -0.39 is 4.81 Å². The van der Waals surface area contributed by atoms with Crippen LogP contribution in [0.5, 0.6) is 0 Å². The average Bonchev–Trinajstić information content (AvgIpc) is 2.16. The van der Waals surface area contributed by atoms with Gasteiger partial charge >= 0.3 is 0 Å². The number of unbranched alkanes of at least 4 members (excludes halogenated alkanes) is 1. The third kappa shape index (κ3) is 3.87. The zero-order chi connectivity index (χ0) is 10.4. The molecule has 1 aromatic carbocycles. The minimum Gasteiger partial charge on any atom is -0.598 e. The van der Waals surface area contributed by atoms with Gasteiger partial charge < -0.3 is 5.21 Å². The summed E-state index contributed by atoms with van der Waals surface area (Å²) in [7, 11) is 0. The molecule has 0 aliphatic carbocycles. The van der Waals surface area contributed by atoms with Crippen molar-refractivity contribution in [2.45, 2.75) is 26.3 Å². The van der Waals surface area contributed by atoms with E-state index in [1.54, 1.807) is 0 Å². The van der Waals surface area contributed by atoms with Crippen LogP contribution in [-0.4, -0.2) is 16.6 Å². The van der Waals surface area contributed by atoms with Gasteiger partial charge in [0.15, 0.2) is 0 Å². The molecule has 0 fully saturated rings. The Morgan fingerprint density at radius 1 is 1.29 bits per heavy atom. The molecule has 0 aliphatic heterocycles. The predicted molar refractivity (Wildman–Crippen MR) is 55.3 cm³/mol. The highest BCUT2D eigenvalue weighted by molar-refractivity contribution is 5.13. The average molecular weight is 195 g/mol. The van der Waals surface area contributed by atoms with Gasteiger partial charge in [-0.3, -0.25) is 0 Å². The number of nitrogens with zero attached hydrogens (tertiary/aromatic N) is 1. The predicted octanol–water partition coefficient (Wildman–Crippen LogP) is 2.69. The Kier molecular flexibility index (Phi) is 4.07. The van der Waals surface area contributed by atoms with Crippen molar-refractivity contribution in [1.29, 1.82) is 0 Å². The van der Waals surface area contributed by atoms with Gasteiger partial charge in [-0.15, -0.1) is 0 Å². The van der Waals surface area contributed by atoms with E-state index in [2.05, 4.69) is 0 Å². The van der Waals surface area contributed by atoms with Gasteiger partial charge in [-0.1, -0.05) is 43.7 Å². The monoisotopic (exact) mass is 195 g/mol. The molecule has 0 radical (unpaired) electrons. The zero-order valence-electron chi connectivity index (χ0n) is 8.52. The molecule has 3 heteroatoms. The molecule has 1 N–H and O–H groups in total. The Morgan fingerprint density at radius 2 is 1.93 bits per heavy atom. The second-order valence-corrected chi connectivity index (χ2v) is 3.57. The van der Waals surface area contributed by atoms with Crippen LogP contribution in [0.1, 0.15) is 25.3 Å². The third-order valence-corrected chi connectivity index (χ3v) is 2.13. The van der Waals surface area contributed by atoms with E-state index in [1.807, 2.05) is 37.3 Å². The number of hydroxylamine groups is 4. The van der Waals surface area contributed by atoms with Crippen molar-refractivity contribution in [3.05, 3.63) is 41.1 Å². The van der Waals surface area contributed by atoms with Crippen molar-refractivity contribution in [1.82, 2.24) is 0 Å². The van der Waals surface area contributed by atoms with Crippen LogP contribution in [0.15, 0.2) is 30.3 Å². The molecule has 0 saturated heterocycles. The van der Waals surface area contributed by atoms with Crippen molar-refractivity contribution in [2.75, 3.05) is 6.54 Å². The molecule has 14 heavy (non-hydrogen) atoms. The van der Waals surface area contributed by atoms with E-state index in [0.717, 1.165) is 18.4 Å². The molecular weight excluding hydrogens is 178 g/mol. The Bertz CT molecular complexity index is 259. The maximum atomic E-state index is 11.5. The quantitative estimate of drug-likeness (QED) is 0.580. The molecule has 0 spiro atoms. The van der Waals surface area contributed by atoms with E-state index in [4.69, 9.17) is 0 Å². The third-order valence-electron chi connectivity index (χ3n) is 2.13. The van der Waals surface area contributed by atoms with Gasteiger partial charge in [0.2, 0.25) is 0 Å². The first kappa shape index (κ1) is 11.2. The standard InChI is InChI=1S/C11H17NO2/c1-2-3-9-12(13,14)10-11-7-5-4-6-8-11/h4-8,13H,2-3,9-10H2,1H3.